The van der Waals surface area contributed by atoms with Crippen LogP contribution in [0.15, 0.2) is 53.3 Å². The number of hydrogen-bond donors (Lipinski definition) is 2. The molecular weight excluding hydrogens is 330 g/mol. The van der Waals surface area contributed by atoms with E-state index < -0.39 is 6.10 Å². The molecule has 124 valence electrons. The Balaban J connectivity index is 1.79. The van der Waals surface area contributed by atoms with Crippen molar-refractivity contribution in [1.82, 2.24) is 15.1 Å². The van der Waals surface area contributed by atoms with Crippen molar-refractivity contribution in [2.75, 3.05) is 6.54 Å². The van der Waals surface area contributed by atoms with Crippen molar-refractivity contribution in [3.8, 4) is 11.3 Å². The highest BCUT2D eigenvalue weighted by Crippen LogP contribution is 2.29. The van der Waals surface area contributed by atoms with Crippen LogP contribution in [0.4, 0.5) is 0 Å². The van der Waals surface area contributed by atoms with E-state index in [1.165, 1.54) is 6.26 Å². The number of nitrogens with zero attached hydrogens (tertiary/aromatic N) is 2. The maximum Gasteiger partial charge on any atom is 0.255 e. The summed E-state index contributed by atoms with van der Waals surface area (Å²) in [5.41, 5.74) is 1.56. The molecule has 0 spiro atoms. The van der Waals surface area contributed by atoms with Gasteiger partial charge < -0.3 is 14.8 Å². The molecule has 0 saturated heterocycles. The van der Waals surface area contributed by atoms with Crippen molar-refractivity contribution in [3.05, 3.63) is 65.2 Å². The number of rotatable bonds is 5. The second kappa shape index (κ2) is 6.90. The summed E-state index contributed by atoms with van der Waals surface area (Å²) in [6.07, 6.45) is 2.17. The fraction of sp³-hybridized carbons (Fsp3) is 0.176. The number of aromatic nitrogens is 2. The Kier molecular flexibility index (Phi) is 4.69. The average molecular weight is 346 g/mol. The van der Waals surface area contributed by atoms with Gasteiger partial charge in [-0.2, -0.15) is 5.10 Å². The van der Waals surface area contributed by atoms with Crippen molar-refractivity contribution in [1.29, 1.82) is 0 Å². The van der Waals surface area contributed by atoms with Gasteiger partial charge in [-0.05, 0) is 18.2 Å². The van der Waals surface area contributed by atoms with Gasteiger partial charge in [-0.3, -0.25) is 9.48 Å². The van der Waals surface area contributed by atoms with E-state index in [1.54, 1.807) is 42.2 Å². The topological polar surface area (TPSA) is 80.3 Å². The van der Waals surface area contributed by atoms with E-state index in [-0.39, 0.29) is 12.5 Å². The zero-order chi connectivity index (χ0) is 17.1. The molecule has 24 heavy (non-hydrogen) atoms. The molecular formula is C17H16ClN3O3. The molecule has 1 unspecified atom stereocenters. The Bertz CT molecular complexity index is 843. The van der Waals surface area contributed by atoms with Gasteiger partial charge in [-0.25, -0.2) is 0 Å². The normalized spacial score (nSPS) is 12.1. The van der Waals surface area contributed by atoms with E-state index in [9.17, 15) is 9.90 Å². The minimum Gasteiger partial charge on any atom is -0.467 e. The molecule has 6 nitrogen and oxygen atoms in total. The highest BCUT2D eigenvalue weighted by molar-refractivity contribution is 6.33. The zero-order valence-corrected chi connectivity index (χ0v) is 13.7. The number of amides is 1. The van der Waals surface area contributed by atoms with E-state index in [2.05, 4.69) is 10.4 Å². The van der Waals surface area contributed by atoms with Crippen molar-refractivity contribution >= 4 is 17.5 Å². The first-order chi connectivity index (χ1) is 11.6. The fourth-order valence-electron chi connectivity index (χ4n) is 2.37. The van der Waals surface area contributed by atoms with Crippen LogP contribution in [0.3, 0.4) is 0 Å². The summed E-state index contributed by atoms with van der Waals surface area (Å²) in [7, 11) is 1.73. The van der Waals surface area contributed by atoms with Crippen LogP contribution in [0.5, 0.6) is 0 Å². The van der Waals surface area contributed by atoms with Gasteiger partial charge in [0.25, 0.3) is 5.91 Å². The van der Waals surface area contributed by atoms with Crippen molar-refractivity contribution in [2.24, 2.45) is 7.05 Å². The van der Waals surface area contributed by atoms with E-state index in [4.69, 9.17) is 16.0 Å². The van der Waals surface area contributed by atoms with Crippen LogP contribution in [0.2, 0.25) is 5.02 Å². The lowest BCUT2D eigenvalue weighted by Crippen LogP contribution is -2.28. The van der Waals surface area contributed by atoms with E-state index in [0.29, 0.717) is 27.6 Å². The number of hydrogen-bond acceptors (Lipinski definition) is 4. The third kappa shape index (κ3) is 3.34. The molecule has 0 saturated carbocycles. The van der Waals surface area contributed by atoms with Crippen molar-refractivity contribution in [3.63, 3.8) is 0 Å². The second-order valence-electron chi connectivity index (χ2n) is 5.29. The van der Waals surface area contributed by atoms with Crippen molar-refractivity contribution < 1.29 is 14.3 Å². The van der Waals surface area contributed by atoms with Gasteiger partial charge in [0.05, 0.1) is 23.4 Å². The molecule has 1 aromatic carbocycles. The van der Waals surface area contributed by atoms with Crippen LogP contribution in [0.1, 0.15) is 22.2 Å². The van der Waals surface area contributed by atoms with Gasteiger partial charge in [0.15, 0.2) is 0 Å². The minimum absolute atomic E-state index is 0.0310. The number of aliphatic hydroxyl groups excluding tert-OH is 1. The maximum atomic E-state index is 12.5. The third-order valence-electron chi connectivity index (χ3n) is 3.53. The Morgan fingerprint density at radius 1 is 1.38 bits per heavy atom. The standard InChI is InChI=1S/C17H16ClN3O3/c1-21-10-12(16(20-21)11-5-2-3-6-13(11)18)17(23)19-9-14(22)15-7-4-8-24-15/h2-8,10,14,22H,9H2,1H3,(H,19,23). The van der Waals surface area contributed by atoms with Gasteiger partial charge >= 0.3 is 0 Å². The first kappa shape index (κ1) is 16.3. The highest BCUT2D eigenvalue weighted by Gasteiger charge is 2.20. The molecule has 2 N–H and O–H groups in total. The van der Waals surface area contributed by atoms with Crippen LogP contribution in [-0.4, -0.2) is 27.3 Å². The smallest absolute Gasteiger partial charge is 0.255 e. The summed E-state index contributed by atoms with van der Waals surface area (Å²) in [4.78, 5) is 12.5. The molecule has 7 heteroatoms. The van der Waals surface area contributed by atoms with Gasteiger partial charge in [-0.15, -0.1) is 0 Å². The molecule has 0 aliphatic rings. The van der Waals surface area contributed by atoms with Crippen molar-refractivity contribution in [2.45, 2.75) is 6.10 Å². The highest BCUT2D eigenvalue weighted by atomic mass is 35.5. The molecule has 0 aliphatic heterocycles. The Morgan fingerprint density at radius 2 is 2.17 bits per heavy atom. The molecule has 2 heterocycles. The maximum absolute atomic E-state index is 12.5. The number of benzene rings is 1. The quantitative estimate of drug-likeness (QED) is 0.745. The van der Waals surface area contributed by atoms with Crippen LogP contribution in [-0.2, 0) is 7.05 Å². The Labute approximate surface area is 143 Å². The van der Waals surface area contributed by atoms with Crippen LogP contribution in [0.25, 0.3) is 11.3 Å². The number of furan rings is 1. The summed E-state index contributed by atoms with van der Waals surface area (Å²) >= 11 is 6.21. The number of carbonyl (C=O) groups is 1. The summed E-state index contributed by atoms with van der Waals surface area (Å²) in [6, 6.07) is 10.5. The zero-order valence-electron chi connectivity index (χ0n) is 12.9. The lowest BCUT2D eigenvalue weighted by molar-refractivity contribution is 0.0901. The van der Waals surface area contributed by atoms with E-state index >= 15 is 0 Å². The first-order valence-corrected chi connectivity index (χ1v) is 7.72. The van der Waals surface area contributed by atoms with E-state index in [1.807, 2.05) is 12.1 Å². The molecule has 0 bridgehead atoms. The van der Waals surface area contributed by atoms with Gasteiger partial charge in [0.1, 0.15) is 17.6 Å². The predicted molar refractivity (Wildman–Crippen MR) is 89.7 cm³/mol. The number of nitrogens with one attached hydrogen (secondary N) is 1. The van der Waals surface area contributed by atoms with Gasteiger partial charge in [0.2, 0.25) is 0 Å². The molecule has 0 aliphatic carbocycles. The van der Waals surface area contributed by atoms with Crippen LogP contribution in [0, 0.1) is 0 Å². The molecule has 0 radical (unpaired) electrons. The number of aliphatic hydroxyl groups is 1. The molecule has 1 amide bonds. The Morgan fingerprint density at radius 3 is 2.88 bits per heavy atom. The molecule has 0 fully saturated rings. The fourth-order valence-corrected chi connectivity index (χ4v) is 2.60. The summed E-state index contributed by atoms with van der Waals surface area (Å²) in [5, 5.41) is 17.5. The third-order valence-corrected chi connectivity index (χ3v) is 3.86. The largest absolute Gasteiger partial charge is 0.467 e. The second-order valence-corrected chi connectivity index (χ2v) is 5.69. The van der Waals surface area contributed by atoms with Crippen LogP contribution >= 0.6 is 11.6 Å². The van der Waals surface area contributed by atoms with Gasteiger partial charge in [0, 0.05) is 18.8 Å². The van der Waals surface area contributed by atoms with E-state index in [0.717, 1.165) is 0 Å². The molecule has 3 aromatic rings. The minimum atomic E-state index is -0.913. The molecule has 2 aromatic heterocycles. The average Bonchev–Trinajstić information content (AvgIpc) is 3.22. The monoisotopic (exact) mass is 345 g/mol. The van der Waals surface area contributed by atoms with Crippen LogP contribution < -0.4 is 5.32 Å². The first-order valence-electron chi connectivity index (χ1n) is 7.34. The predicted octanol–water partition coefficient (Wildman–Crippen LogP) is 2.80. The SMILES string of the molecule is Cn1cc(C(=O)NCC(O)c2ccco2)c(-c2ccccc2Cl)n1. The number of aryl methyl sites for hydroxylation is 1. The molecule has 3 rings (SSSR count). The lowest BCUT2D eigenvalue weighted by Gasteiger charge is -2.10. The summed E-state index contributed by atoms with van der Waals surface area (Å²) in [5.74, 6) is 0.0523. The summed E-state index contributed by atoms with van der Waals surface area (Å²) in [6.45, 7) is 0.0310. The number of halogens is 1. The number of carbonyl (C=O) groups excluding carboxylic acids is 1. The molecule has 1 atom stereocenters. The summed E-state index contributed by atoms with van der Waals surface area (Å²) < 4.78 is 6.66. The van der Waals surface area contributed by atoms with Gasteiger partial charge in [-0.1, -0.05) is 29.8 Å². The Hall–Kier alpha value is -2.57. The lowest BCUT2D eigenvalue weighted by atomic mass is 10.1.